The lowest BCUT2D eigenvalue weighted by Crippen LogP contribution is -2.49. The van der Waals surface area contributed by atoms with Gasteiger partial charge >= 0.3 is 6.09 Å². The predicted octanol–water partition coefficient (Wildman–Crippen LogP) is 2.94. The van der Waals surface area contributed by atoms with Crippen LogP contribution in [0.2, 0.25) is 0 Å². The highest BCUT2D eigenvalue weighted by molar-refractivity contribution is 5.80. The number of rotatable bonds is 8. The van der Waals surface area contributed by atoms with E-state index in [2.05, 4.69) is 29.5 Å². The zero-order valence-electron chi connectivity index (χ0n) is 17.4. The summed E-state index contributed by atoms with van der Waals surface area (Å²) in [6.45, 7) is 9.94. The first-order valence-electron chi connectivity index (χ1n) is 10.3. The molecule has 0 atom stereocenters. The van der Waals surface area contributed by atoms with Crippen molar-refractivity contribution in [3.8, 4) is 5.75 Å². The van der Waals surface area contributed by atoms with Gasteiger partial charge in [0.2, 0.25) is 0 Å². The van der Waals surface area contributed by atoms with Crippen molar-refractivity contribution in [1.29, 1.82) is 0 Å². The minimum atomic E-state index is -0.213. The Morgan fingerprint density at radius 1 is 1.21 bits per heavy atom. The molecule has 1 saturated heterocycles. The maximum atomic E-state index is 11.8. The van der Waals surface area contributed by atoms with Crippen LogP contribution in [-0.2, 0) is 4.74 Å². The Morgan fingerprint density at radius 3 is 2.57 bits per heavy atom. The summed E-state index contributed by atoms with van der Waals surface area (Å²) >= 11 is 0. The molecule has 0 bridgehead atoms. The number of aliphatic imine (C=N–C) groups is 1. The van der Waals surface area contributed by atoms with Crippen LogP contribution in [0.4, 0.5) is 4.79 Å². The van der Waals surface area contributed by atoms with E-state index in [1.54, 1.807) is 4.90 Å². The second-order valence-electron chi connectivity index (χ2n) is 6.88. The van der Waals surface area contributed by atoms with Gasteiger partial charge in [-0.3, -0.25) is 4.99 Å². The molecule has 0 aromatic heterocycles. The second-order valence-corrected chi connectivity index (χ2v) is 6.88. The van der Waals surface area contributed by atoms with Gasteiger partial charge in [-0.05, 0) is 45.7 Å². The lowest BCUT2D eigenvalue weighted by Gasteiger charge is -2.32. The molecule has 156 valence electrons. The van der Waals surface area contributed by atoms with Crippen LogP contribution < -0.4 is 15.4 Å². The van der Waals surface area contributed by atoms with Crippen LogP contribution in [0.15, 0.2) is 29.3 Å². The number of nitrogens with one attached hydrogen (secondary N) is 2. The number of carbonyl (C=O) groups is 1. The molecule has 0 radical (unpaired) electrons. The summed E-state index contributed by atoms with van der Waals surface area (Å²) in [5.74, 6) is 1.72. The van der Waals surface area contributed by atoms with Gasteiger partial charge in [0.05, 0.1) is 13.2 Å². The zero-order chi connectivity index (χ0) is 20.2. The summed E-state index contributed by atoms with van der Waals surface area (Å²) in [6.07, 6.45) is 2.42. The Balaban J connectivity index is 1.70. The number of likely N-dealkylation sites (tertiary alicyclic amines) is 1. The van der Waals surface area contributed by atoms with Crippen molar-refractivity contribution in [1.82, 2.24) is 15.5 Å². The van der Waals surface area contributed by atoms with Crippen LogP contribution in [0.5, 0.6) is 5.75 Å². The fourth-order valence-electron chi connectivity index (χ4n) is 3.01. The van der Waals surface area contributed by atoms with Crippen molar-refractivity contribution in [2.75, 3.05) is 39.4 Å². The molecule has 1 aliphatic heterocycles. The molecule has 7 heteroatoms. The highest BCUT2D eigenvalue weighted by Gasteiger charge is 2.23. The fourth-order valence-corrected chi connectivity index (χ4v) is 3.01. The molecule has 1 amide bonds. The van der Waals surface area contributed by atoms with Gasteiger partial charge < -0.3 is 25.0 Å². The molecule has 1 heterocycles. The number of piperidine rings is 1. The van der Waals surface area contributed by atoms with Crippen LogP contribution in [0, 0.1) is 6.92 Å². The third-order valence-corrected chi connectivity index (χ3v) is 4.57. The van der Waals surface area contributed by atoms with E-state index < -0.39 is 0 Å². The minimum Gasteiger partial charge on any atom is -0.494 e. The van der Waals surface area contributed by atoms with Crippen LogP contribution in [0.25, 0.3) is 0 Å². The number of guanidine groups is 1. The smallest absolute Gasteiger partial charge is 0.409 e. The molecule has 7 nitrogen and oxygen atoms in total. The number of ether oxygens (including phenoxy) is 2. The number of benzene rings is 1. The van der Waals surface area contributed by atoms with Gasteiger partial charge in [-0.1, -0.05) is 17.7 Å². The van der Waals surface area contributed by atoms with Crippen molar-refractivity contribution >= 4 is 12.1 Å². The Morgan fingerprint density at radius 2 is 1.93 bits per heavy atom. The first-order valence-corrected chi connectivity index (χ1v) is 10.3. The van der Waals surface area contributed by atoms with E-state index in [1.165, 1.54) is 5.56 Å². The van der Waals surface area contributed by atoms with Crippen molar-refractivity contribution in [2.45, 2.75) is 46.1 Å². The van der Waals surface area contributed by atoms with Gasteiger partial charge in [0, 0.05) is 38.6 Å². The first kappa shape index (κ1) is 21.9. The highest BCUT2D eigenvalue weighted by atomic mass is 16.6. The van der Waals surface area contributed by atoms with E-state index in [9.17, 15) is 4.79 Å². The number of hydrogen-bond acceptors (Lipinski definition) is 4. The molecule has 1 fully saturated rings. The Hall–Kier alpha value is -2.44. The third kappa shape index (κ3) is 7.66. The molecule has 0 saturated carbocycles. The van der Waals surface area contributed by atoms with E-state index in [0.29, 0.717) is 38.9 Å². The van der Waals surface area contributed by atoms with Gasteiger partial charge in [0.1, 0.15) is 5.75 Å². The van der Waals surface area contributed by atoms with Crippen molar-refractivity contribution in [2.24, 2.45) is 4.99 Å². The van der Waals surface area contributed by atoms with Gasteiger partial charge in [0.15, 0.2) is 5.96 Å². The molecule has 0 spiro atoms. The summed E-state index contributed by atoms with van der Waals surface area (Å²) in [4.78, 5) is 18.2. The lowest BCUT2D eigenvalue weighted by molar-refractivity contribution is 0.0963. The standard InChI is InChI=1S/C21H34N4O3/c1-4-22-20(23-13-6-16-28-19-9-7-17(3)8-10-19)24-18-11-14-25(15-12-18)21(26)27-5-2/h7-10,18H,4-6,11-16H2,1-3H3,(H2,22,23,24). The molecule has 28 heavy (non-hydrogen) atoms. The zero-order valence-corrected chi connectivity index (χ0v) is 17.4. The van der Waals surface area contributed by atoms with Gasteiger partial charge in [-0.2, -0.15) is 0 Å². The monoisotopic (exact) mass is 390 g/mol. The van der Waals surface area contributed by atoms with Crippen molar-refractivity contribution in [3.63, 3.8) is 0 Å². The number of carbonyl (C=O) groups excluding carboxylic acids is 1. The Labute approximate surface area is 168 Å². The van der Waals surface area contributed by atoms with Crippen LogP contribution >= 0.6 is 0 Å². The average molecular weight is 391 g/mol. The number of hydrogen-bond donors (Lipinski definition) is 2. The highest BCUT2D eigenvalue weighted by Crippen LogP contribution is 2.12. The molecular weight excluding hydrogens is 356 g/mol. The van der Waals surface area contributed by atoms with Crippen molar-refractivity contribution in [3.05, 3.63) is 29.8 Å². The summed E-state index contributed by atoms with van der Waals surface area (Å²) in [6, 6.07) is 8.40. The summed E-state index contributed by atoms with van der Waals surface area (Å²) in [5.41, 5.74) is 1.23. The average Bonchev–Trinajstić information content (AvgIpc) is 2.70. The quantitative estimate of drug-likeness (QED) is 0.406. The number of nitrogens with zero attached hydrogens (tertiary/aromatic N) is 2. The molecule has 0 aliphatic carbocycles. The van der Waals surface area contributed by atoms with E-state index in [1.807, 2.05) is 31.2 Å². The maximum Gasteiger partial charge on any atom is 0.409 e. The second kappa shape index (κ2) is 12.1. The Kier molecular flexibility index (Phi) is 9.45. The molecule has 1 aliphatic rings. The minimum absolute atomic E-state index is 0.213. The molecular formula is C21H34N4O3. The summed E-state index contributed by atoms with van der Waals surface area (Å²) < 4.78 is 10.8. The fraction of sp³-hybridized carbons (Fsp3) is 0.619. The molecule has 1 aromatic carbocycles. The normalized spacial score (nSPS) is 15.2. The largest absolute Gasteiger partial charge is 0.494 e. The lowest BCUT2D eigenvalue weighted by atomic mass is 10.1. The topological polar surface area (TPSA) is 75.2 Å². The van der Waals surface area contributed by atoms with Gasteiger partial charge in [0.25, 0.3) is 0 Å². The predicted molar refractivity (Wildman–Crippen MR) is 112 cm³/mol. The third-order valence-electron chi connectivity index (χ3n) is 4.57. The molecule has 1 aromatic rings. The van der Waals surface area contributed by atoms with Crippen LogP contribution in [0.3, 0.4) is 0 Å². The maximum absolute atomic E-state index is 11.8. The van der Waals surface area contributed by atoms with Gasteiger partial charge in [-0.25, -0.2) is 4.79 Å². The van der Waals surface area contributed by atoms with Crippen molar-refractivity contribution < 1.29 is 14.3 Å². The SMILES string of the molecule is CCNC(=NCCCOc1ccc(C)cc1)NC1CCN(C(=O)OCC)CC1. The summed E-state index contributed by atoms with van der Waals surface area (Å²) in [7, 11) is 0. The molecule has 2 N–H and O–H groups in total. The molecule has 0 unspecified atom stereocenters. The van der Waals surface area contributed by atoms with E-state index >= 15 is 0 Å². The number of aryl methyl sites for hydroxylation is 1. The van der Waals surface area contributed by atoms with E-state index in [4.69, 9.17) is 9.47 Å². The number of amides is 1. The van der Waals surface area contributed by atoms with E-state index in [-0.39, 0.29) is 6.09 Å². The van der Waals surface area contributed by atoms with Crippen LogP contribution in [0.1, 0.15) is 38.7 Å². The van der Waals surface area contributed by atoms with Gasteiger partial charge in [-0.15, -0.1) is 0 Å². The van der Waals surface area contributed by atoms with E-state index in [0.717, 1.165) is 37.5 Å². The Bertz CT molecular complexity index is 611. The molecule has 2 rings (SSSR count). The van der Waals surface area contributed by atoms with Crippen LogP contribution in [-0.4, -0.2) is 62.4 Å². The first-order chi connectivity index (χ1) is 13.6. The summed E-state index contributed by atoms with van der Waals surface area (Å²) in [5, 5.41) is 6.77.